The van der Waals surface area contributed by atoms with Crippen LogP contribution in [0.2, 0.25) is 0 Å². The lowest BCUT2D eigenvalue weighted by Crippen LogP contribution is -2.56. The molecule has 114 valence electrons. The second-order valence-electron chi connectivity index (χ2n) is 3.70. The first-order valence-corrected chi connectivity index (χ1v) is 8.12. The summed E-state index contributed by atoms with van der Waals surface area (Å²) in [6, 6.07) is 0. The third-order valence-corrected chi connectivity index (χ3v) is 6.15. The third-order valence-electron chi connectivity index (χ3n) is 1.67. The molecule has 0 saturated carbocycles. The van der Waals surface area contributed by atoms with Crippen LogP contribution < -0.4 is 0 Å². The average molecular weight is 324 g/mol. The van der Waals surface area contributed by atoms with E-state index in [0.29, 0.717) is 12.0 Å². The van der Waals surface area contributed by atoms with Crippen LogP contribution in [0.5, 0.6) is 0 Å². The van der Waals surface area contributed by atoms with E-state index in [1.54, 1.807) is 0 Å². The summed E-state index contributed by atoms with van der Waals surface area (Å²) in [4.78, 5) is 43.5. The molecule has 0 aromatic carbocycles. The molecule has 0 rings (SSSR count). The van der Waals surface area contributed by atoms with Gasteiger partial charge in [0.2, 0.25) is 0 Å². The minimum Gasteiger partial charge on any atom is -0.455 e. The first-order valence-electron chi connectivity index (χ1n) is 5.51. The molecule has 0 fully saturated rings. The Kier molecular flexibility index (Phi) is 7.28. The highest BCUT2D eigenvalue weighted by molar-refractivity contribution is 7.97. The Hall–Kier alpha value is -1.55. The molecule has 10 heteroatoms. The van der Waals surface area contributed by atoms with Crippen molar-refractivity contribution >= 4 is 44.7 Å². The first kappa shape index (κ1) is 18.4. The van der Waals surface area contributed by atoms with Gasteiger partial charge in [0.05, 0.1) is 12.0 Å². The van der Waals surface area contributed by atoms with Crippen LogP contribution in [-0.4, -0.2) is 37.6 Å². The Balaban J connectivity index is 5.31. The van der Waals surface area contributed by atoms with Gasteiger partial charge in [0.1, 0.15) is 4.87 Å². The molecule has 0 bridgehead atoms. The van der Waals surface area contributed by atoms with E-state index in [0.717, 1.165) is 20.8 Å². The average Bonchev–Trinajstić information content (AvgIpc) is 2.22. The summed E-state index contributed by atoms with van der Waals surface area (Å²) in [5, 5.41) is 0. The SMILES string of the molecule is CC(=O)OSC(C)[Si](OC(C)=O)(OC(C)=O)OC(C)=O. The fourth-order valence-corrected chi connectivity index (χ4v) is 4.26. The largest absolute Gasteiger partial charge is 0.722 e. The van der Waals surface area contributed by atoms with E-state index in [1.807, 2.05) is 0 Å². The summed E-state index contributed by atoms with van der Waals surface area (Å²) in [7, 11) is -4.02. The van der Waals surface area contributed by atoms with Gasteiger partial charge in [-0.05, 0) is 6.92 Å². The maximum atomic E-state index is 11.2. The molecule has 0 N–H and O–H groups in total. The monoisotopic (exact) mass is 324 g/mol. The van der Waals surface area contributed by atoms with Gasteiger partial charge in [0.25, 0.3) is 17.9 Å². The Labute approximate surface area is 121 Å². The van der Waals surface area contributed by atoms with Gasteiger partial charge < -0.3 is 17.5 Å². The zero-order valence-electron chi connectivity index (χ0n) is 11.8. The van der Waals surface area contributed by atoms with Crippen molar-refractivity contribution in [2.45, 2.75) is 39.5 Å². The molecule has 1 unspecified atom stereocenters. The Bertz CT molecular complexity index is 369. The van der Waals surface area contributed by atoms with Crippen LogP contribution in [0.1, 0.15) is 34.6 Å². The van der Waals surface area contributed by atoms with Crippen LogP contribution in [0.4, 0.5) is 0 Å². The van der Waals surface area contributed by atoms with E-state index in [1.165, 1.54) is 13.8 Å². The molecule has 0 aromatic rings. The number of rotatable bonds is 6. The van der Waals surface area contributed by atoms with Gasteiger partial charge in [-0.3, -0.25) is 19.2 Å². The predicted octanol–water partition coefficient (Wildman–Crippen LogP) is 0.754. The molecule has 1 atom stereocenters. The summed E-state index contributed by atoms with van der Waals surface area (Å²) >= 11 is 0.598. The highest BCUT2D eigenvalue weighted by Gasteiger charge is 2.59. The minimum atomic E-state index is -4.02. The smallest absolute Gasteiger partial charge is 0.455 e. The van der Waals surface area contributed by atoms with E-state index in [2.05, 4.69) is 0 Å². The maximum Gasteiger partial charge on any atom is 0.722 e. The molecule has 0 radical (unpaired) electrons. The molecule has 0 aromatic heterocycles. The van der Waals surface area contributed by atoms with Crippen molar-refractivity contribution in [3.63, 3.8) is 0 Å². The summed E-state index contributed by atoms with van der Waals surface area (Å²) in [6.07, 6.45) is 0. The molecule has 20 heavy (non-hydrogen) atoms. The van der Waals surface area contributed by atoms with Gasteiger partial charge in [-0.1, -0.05) is 0 Å². The highest BCUT2D eigenvalue weighted by atomic mass is 32.2. The quantitative estimate of drug-likeness (QED) is 0.517. The van der Waals surface area contributed by atoms with Crippen LogP contribution in [0.15, 0.2) is 0 Å². The fourth-order valence-electron chi connectivity index (χ4n) is 1.11. The van der Waals surface area contributed by atoms with Crippen LogP contribution in [0.3, 0.4) is 0 Å². The van der Waals surface area contributed by atoms with Gasteiger partial charge >= 0.3 is 14.8 Å². The van der Waals surface area contributed by atoms with Crippen LogP contribution in [0, 0.1) is 0 Å². The lowest BCUT2D eigenvalue weighted by Gasteiger charge is -2.29. The summed E-state index contributed by atoms with van der Waals surface area (Å²) in [5.74, 6) is -2.95. The van der Waals surface area contributed by atoms with Gasteiger partial charge in [0, 0.05) is 27.7 Å². The first-order chi connectivity index (χ1) is 9.09. The van der Waals surface area contributed by atoms with E-state index in [9.17, 15) is 19.2 Å². The number of carbonyl (C=O) groups is 4. The Morgan fingerprint density at radius 3 is 1.40 bits per heavy atom. The molecular formula is C10H16O8SSi. The zero-order chi connectivity index (χ0) is 15.9. The molecule has 0 heterocycles. The summed E-state index contributed by atoms with van der Waals surface area (Å²) < 4.78 is 19.6. The molecule has 0 saturated heterocycles. The lowest BCUT2D eigenvalue weighted by molar-refractivity contribution is -0.147. The van der Waals surface area contributed by atoms with Crippen molar-refractivity contribution in [2.24, 2.45) is 0 Å². The predicted molar refractivity (Wildman–Crippen MR) is 69.9 cm³/mol. The van der Waals surface area contributed by atoms with Crippen LogP contribution >= 0.6 is 12.0 Å². The standard InChI is InChI=1S/C10H16O8SSi/c1-6(11)15-19-10(5)20(16-7(2)12,17-8(3)13)18-9(4)14/h10H,1-5H3. The Morgan fingerprint density at radius 2 is 1.15 bits per heavy atom. The van der Waals surface area contributed by atoms with Crippen LogP contribution in [0.25, 0.3) is 0 Å². The van der Waals surface area contributed by atoms with Gasteiger partial charge in [-0.2, -0.15) is 0 Å². The molecule has 0 amide bonds. The second-order valence-corrected chi connectivity index (χ2v) is 7.87. The van der Waals surface area contributed by atoms with E-state index in [4.69, 9.17) is 17.5 Å². The van der Waals surface area contributed by atoms with Crippen molar-refractivity contribution in [1.82, 2.24) is 0 Å². The molecule has 0 aliphatic rings. The minimum absolute atomic E-state index is 0.598. The maximum absolute atomic E-state index is 11.2. The summed E-state index contributed by atoms with van der Waals surface area (Å²) in [5.41, 5.74) is 0. The van der Waals surface area contributed by atoms with Crippen molar-refractivity contribution in [2.75, 3.05) is 0 Å². The normalized spacial score (nSPS) is 12.1. The van der Waals surface area contributed by atoms with Crippen molar-refractivity contribution in [3.05, 3.63) is 0 Å². The van der Waals surface area contributed by atoms with E-state index >= 15 is 0 Å². The molecular weight excluding hydrogens is 308 g/mol. The molecule has 0 spiro atoms. The van der Waals surface area contributed by atoms with Gasteiger partial charge in [-0.25, -0.2) is 0 Å². The van der Waals surface area contributed by atoms with Crippen molar-refractivity contribution in [3.8, 4) is 0 Å². The van der Waals surface area contributed by atoms with Gasteiger partial charge in [-0.15, -0.1) is 0 Å². The van der Waals surface area contributed by atoms with Crippen molar-refractivity contribution in [1.29, 1.82) is 0 Å². The zero-order valence-corrected chi connectivity index (χ0v) is 13.6. The van der Waals surface area contributed by atoms with Crippen molar-refractivity contribution < 1.29 is 36.6 Å². The fraction of sp³-hybridized carbons (Fsp3) is 0.600. The molecule has 0 aliphatic carbocycles. The topological polar surface area (TPSA) is 105 Å². The van der Waals surface area contributed by atoms with Gasteiger partial charge in [0.15, 0.2) is 0 Å². The Morgan fingerprint density at radius 1 is 0.800 bits per heavy atom. The van der Waals surface area contributed by atoms with Crippen LogP contribution in [-0.2, 0) is 36.6 Å². The number of hydrogen-bond donors (Lipinski definition) is 0. The highest BCUT2D eigenvalue weighted by Crippen LogP contribution is 2.27. The van der Waals surface area contributed by atoms with E-state index < -0.39 is 37.6 Å². The number of carbonyl (C=O) groups excluding carboxylic acids is 4. The summed E-state index contributed by atoms with van der Waals surface area (Å²) in [6.45, 7) is 5.87. The lowest BCUT2D eigenvalue weighted by atomic mass is 10.9. The molecule has 8 nitrogen and oxygen atoms in total. The third kappa shape index (κ3) is 6.57. The molecule has 0 aliphatic heterocycles. The second kappa shape index (κ2) is 7.90. The van der Waals surface area contributed by atoms with E-state index in [-0.39, 0.29) is 0 Å². The number of hydrogen-bond acceptors (Lipinski definition) is 9.